The summed E-state index contributed by atoms with van der Waals surface area (Å²) in [6.45, 7) is 0.799. The second-order valence-electron chi connectivity index (χ2n) is 5.49. The number of nitrogens with one attached hydrogen (secondary N) is 1. The normalized spacial score (nSPS) is 11.5. The monoisotopic (exact) mass is 338 g/mol. The Morgan fingerprint density at radius 3 is 2.30 bits per heavy atom. The summed E-state index contributed by atoms with van der Waals surface area (Å²) in [5.74, 6) is -0.412. The molecule has 0 unspecified atom stereocenters. The zero-order chi connectivity index (χ0) is 17.5. The summed E-state index contributed by atoms with van der Waals surface area (Å²) in [4.78, 5) is 14.0. The van der Waals surface area contributed by atoms with Crippen LogP contribution in [-0.2, 0) is 14.8 Å². The summed E-state index contributed by atoms with van der Waals surface area (Å²) < 4.78 is 24.7. The fourth-order valence-electron chi connectivity index (χ4n) is 1.91. The summed E-state index contributed by atoms with van der Waals surface area (Å²) in [6, 6.07) is 8.37. The van der Waals surface area contributed by atoms with Gasteiger partial charge >= 0.3 is 0 Å². The Kier molecular flexibility index (Phi) is 7.16. The standard InChI is InChI=1S/C15H22N4O3S/c1-18(2)9-4-10-19(23(3,21)22)12-15(20)17-14-7-5-13(11-16)6-8-14/h5-8H,4,9-10,12H2,1-3H3,(H,17,20). The Bertz CT molecular complexity index is 663. The predicted molar refractivity (Wildman–Crippen MR) is 89.4 cm³/mol. The van der Waals surface area contributed by atoms with Crippen LogP contribution in [-0.4, -0.2) is 63.5 Å². The lowest BCUT2D eigenvalue weighted by Crippen LogP contribution is -2.38. The smallest absolute Gasteiger partial charge is 0.239 e. The van der Waals surface area contributed by atoms with E-state index in [9.17, 15) is 13.2 Å². The van der Waals surface area contributed by atoms with E-state index in [4.69, 9.17) is 5.26 Å². The first kappa shape index (κ1) is 19.1. The largest absolute Gasteiger partial charge is 0.325 e. The van der Waals surface area contributed by atoms with E-state index in [-0.39, 0.29) is 13.1 Å². The summed E-state index contributed by atoms with van der Waals surface area (Å²) in [5.41, 5.74) is 1.01. The highest BCUT2D eigenvalue weighted by Crippen LogP contribution is 2.09. The average Bonchev–Trinajstić information content (AvgIpc) is 2.45. The van der Waals surface area contributed by atoms with Crippen LogP contribution in [0, 0.1) is 11.3 Å². The molecule has 0 fully saturated rings. The van der Waals surface area contributed by atoms with E-state index in [1.807, 2.05) is 25.1 Å². The third-order valence-corrected chi connectivity index (χ3v) is 4.35. The summed E-state index contributed by atoms with van der Waals surface area (Å²) in [7, 11) is 0.360. The lowest BCUT2D eigenvalue weighted by atomic mass is 10.2. The van der Waals surface area contributed by atoms with Gasteiger partial charge in [0.1, 0.15) is 0 Å². The van der Waals surface area contributed by atoms with Gasteiger partial charge in [-0.1, -0.05) is 0 Å². The lowest BCUT2D eigenvalue weighted by molar-refractivity contribution is -0.116. The second-order valence-corrected chi connectivity index (χ2v) is 7.47. The van der Waals surface area contributed by atoms with E-state index < -0.39 is 15.9 Å². The Morgan fingerprint density at radius 2 is 1.83 bits per heavy atom. The first-order valence-electron chi connectivity index (χ1n) is 7.12. The minimum absolute atomic E-state index is 0.230. The van der Waals surface area contributed by atoms with E-state index in [2.05, 4.69) is 5.32 Å². The van der Waals surface area contributed by atoms with Crippen molar-refractivity contribution in [3.63, 3.8) is 0 Å². The molecule has 23 heavy (non-hydrogen) atoms. The Morgan fingerprint density at radius 1 is 1.22 bits per heavy atom. The molecule has 0 heterocycles. The number of nitrogens with zero attached hydrogens (tertiary/aromatic N) is 3. The van der Waals surface area contributed by atoms with Crippen molar-refractivity contribution in [2.45, 2.75) is 6.42 Å². The van der Waals surface area contributed by atoms with Gasteiger partial charge in [-0.3, -0.25) is 4.79 Å². The van der Waals surface area contributed by atoms with E-state index in [0.29, 0.717) is 17.7 Å². The van der Waals surface area contributed by atoms with Crippen LogP contribution in [0.25, 0.3) is 0 Å². The SMILES string of the molecule is CN(C)CCCN(CC(=O)Nc1ccc(C#N)cc1)S(C)(=O)=O. The van der Waals surface area contributed by atoms with Crippen molar-refractivity contribution < 1.29 is 13.2 Å². The van der Waals surface area contributed by atoms with Crippen LogP contribution in [0.2, 0.25) is 0 Å². The van der Waals surface area contributed by atoms with Gasteiger partial charge in [0.2, 0.25) is 15.9 Å². The maximum atomic E-state index is 12.0. The van der Waals surface area contributed by atoms with Crippen LogP contribution in [0.1, 0.15) is 12.0 Å². The van der Waals surface area contributed by atoms with Crippen molar-refractivity contribution in [2.75, 3.05) is 45.3 Å². The maximum Gasteiger partial charge on any atom is 0.239 e. The fourth-order valence-corrected chi connectivity index (χ4v) is 2.73. The summed E-state index contributed by atoms with van der Waals surface area (Å²) >= 11 is 0. The molecule has 126 valence electrons. The number of rotatable bonds is 8. The molecule has 8 heteroatoms. The Balaban J connectivity index is 2.63. The summed E-state index contributed by atoms with van der Waals surface area (Å²) in [5, 5.41) is 11.4. The second kappa shape index (κ2) is 8.62. The molecule has 0 saturated carbocycles. The van der Waals surface area contributed by atoms with Crippen molar-refractivity contribution in [1.82, 2.24) is 9.21 Å². The number of carbonyl (C=O) groups is 1. The van der Waals surface area contributed by atoms with Gasteiger partial charge in [-0.2, -0.15) is 9.57 Å². The van der Waals surface area contributed by atoms with Crippen LogP contribution >= 0.6 is 0 Å². The highest BCUT2D eigenvalue weighted by Gasteiger charge is 2.19. The zero-order valence-corrected chi connectivity index (χ0v) is 14.4. The van der Waals surface area contributed by atoms with Crippen molar-refractivity contribution in [3.05, 3.63) is 29.8 Å². The third-order valence-electron chi connectivity index (χ3n) is 3.10. The number of carbonyl (C=O) groups excluding carboxylic acids is 1. The molecule has 1 amide bonds. The Hall–Kier alpha value is -1.95. The molecule has 0 radical (unpaired) electrons. The predicted octanol–water partition coefficient (Wildman–Crippen LogP) is 0.710. The number of amides is 1. The number of hydrogen-bond donors (Lipinski definition) is 1. The number of hydrogen-bond acceptors (Lipinski definition) is 5. The fraction of sp³-hybridized carbons (Fsp3) is 0.467. The van der Waals surface area contributed by atoms with Crippen molar-refractivity contribution in [2.24, 2.45) is 0 Å². The minimum atomic E-state index is -3.45. The van der Waals surface area contributed by atoms with Gasteiger partial charge in [0.05, 0.1) is 24.4 Å². The van der Waals surface area contributed by atoms with E-state index >= 15 is 0 Å². The highest BCUT2D eigenvalue weighted by atomic mass is 32.2. The maximum absolute atomic E-state index is 12.0. The van der Waals surface area contributed by atoms with Gasteiger partial charge < -0.3 is 10.2 Å². The van der Waals surface area contributed by atoms with Gasteiger partial charge in [-0.25, -0.2) is 8.42 Å². The molecule has 0 atom stereocenters. The molecule has 0 spiro atoms. The molecule has 0 aromatic heterocycles. The average molecular weight is 338 g/mol. The number of sulfonamides is 1. The molecule has 0 aliphatic rings. The molecule has 0 bridgehead atoms. The highest BCUT2D eigenvalue weighted by molar-refractivity contribution is 7.88. The zero-order valence-electron chi connectivity index (χ0n) is 13.6. The number of anilines is 1. The van der Waals surface area contributed by atoms with E-state index in [1.165, 1.54) is 0 Å². The van der Waals surface area contributed by atoms with Crippen molar-refractivity contribution in [3.8, 4) is 6.07 Å². The molecule has 0 aliphatic carbocycles. The van der Waals surface area contributed by atoms with Gasteiger partial charge in [0, 0.05) is 12.2 Å². The molecular formula is C15H22N4O3S. The van der Waals surface area contributed by atoms with Gasteiger partial charge in [0.15, 0.2) is 0 Å². The molecule has 1 N–H and O–H groups in total. The van der Waals surface area contributed by atoms with Crippen LogP contribution in [0.5, 0.6) is 0 Å². The van der Waals surface area contributed by atoms with Gasteiger partial charge in [-0.15, -0.1) is 0 Å². The van der Waals surface area contributed by atoms with Crippen LogP contribution in [0.3, 0.4) is 0 Å². The number of benzene rings is 1. The van der Waals surface area contributed by atoms with Crippen LogP contribution in [0.4, 0.5) is 5.69 Å². The third kappa shape index (κ3) is 7.23. The topological polar surface area (TPSA) is 93.5 Å². The molecule has 0 aliphatic heterocycles. The Labute approximate surface area is 137 Å². The molecule has 7 nitrogen and oxygen atoms in total. The van der Waals surface area contributed by atoms with Gasteiger partial charge in [-0.05, 0) is 51.3 Å². The molecule has 1 rings (SSSR count). The van der Waals surface area contributed by atoms with Crippen molar-refractivity contribution in [1.29, 1.82) is 5.26 Å². The van der Waals surface area contributed by atoms with Crippen LogP contribution < -0.4 is 5.32 Å². The number of nitriles is 1. The minimum Gasteiger partial charge on any atom is -0.325 e. The molecule has 1 aromatic carbocycles. The first-order valence-corrected chi connectivity index (χ1v) is 8.97. The summed E-state index contributed by atoms with van der Waals surface area (Å²) in [6.07, 6.45) is 1.74. The molecular weight excluding hydrogens is 316 g/mol. The van der Waals surface area contributed by atoms with Crippen LogP contribution in [0.15, 0.2) is 24.3 Å². The van der Waals surface area contributed by atoms with E-state index in [0.717, 1.165) is 17.1 Å². The van der Waals surface area contributed by atoms with Gasteiger partial charge in [0.25, 0.3) is 0 Å². The van der Waals surface area contributed by atoms with E-state index in [1.54, 1.807) is 24.3 Å². The quantitative estimate of drug-likeness (QED) is 0.753. The molecule has 0 saturated heterocycles. The van der Waals surface area contributed by atoms with Crippen molar-refractivity contribution >= 4 is 21.6 Å². The lowest BCUT2D eigenvalue weighted by Gasteiger charge is -2.20. The molecule has 1 aromatic rings. The first-order chi connectivity index (χ1) is 10.7.